The standard InChI is InChI=1S/C16H34N2O/c1-15(2)17-10-6-4-5-7-11-18-12-8-16(9-13-18)14-19-3/h15-17H,4-14H2,1-3H3. The van der Waals surface area contributed by atoms with Gasteiger partial charge in [-0.25, -0.2) is 0 Å². The lowest BCUT2D eigenvalue weighted by Gasteiger charge is -2.31. The second kappa shape index (κ2) is 10.6. The molecule has 0 aliphatic carbocycles. The Morgan fingerprint density at radius 2 is 1.79 bits per heavy atom. The van der Waals surface area contributed by atoms with Crippen LogP contribution in [0, 0.1) is 5.92 Å². The maximum atomic E-state index is 5.24. The van der Waals surface area contributed by atoms with Gasteiger partial charge in [0.25, 0.3) is 0 Å². The third kappa shape index (κ3) is 8.61. The predicted molar refractivity (Wildman–Crippen MR) is 82.6 cm³/mol. The summed E-state index contributed by atoms with van der Waals surface area (Å²) in [5.41, 5.74) is 0. The summed E-state index contributed by atoms with van der Waals surface area (Å²) in [6.07, 6.45) is 8.11. The Balaban J connectivity index is 1.88. The molecule has 19 heavy (non-hydrogen) atoms. The fraction of sp³-hybridized carbons (Fsp3) is 1.00. The van der Waals surface area contributed by atoms with E-state index >= 15 is 0 Å². The van der Waals surface area contributed by atoms with Gasteiger partial charge >= 0.3 is 0 Å². The molecule has 1 rings (SSSR count). The summed E-state index contributed by atoms with van der Waals surface area (Å²) in [5, 5.41) is 3.48. The molecule has 1 N–H and O–H groups in total. The van der Waals surface area contributed by atoms with Crippen LogP contribution in [0.5, 0.6) is 0 Å². The first-order valence-electron chi connectivity index (χ1n) is 8.17. The molecule has 1 fully saturated rings. The molecule has 0 aromatic heterocycles. The summed E-state index contributed by atoms with van der Waals surface area (Å²) in [5.74, 6) is 0.809. The largest absolute Gasteiger partial charge is 0.384 e. The lowest BCUT2D eigenvalue weighted by molar-refractivity contribution is 0.0988. The Bertz CT molecular complexity index is 201. The lowest BCUT2D eigenvalue weighted by atomic mass is 9.97. The maximum Gasteiger partial charge on any atom is 0.0491 e. The van der Waals surface area contributed by atoms with Crippen LogP contribution in [0.15, 0.2) is 0 Å². The Kier molecular flexibility index (Phi) is 9.48. The second-order valence-corrected chi connectivity index (χ2v) is 6.26. The van der Waals surface area contributed by atoms with E-state index in [1.165, 1.54) is 64.7 Å². The van der Waals surface area contributed by atoms with Crippen molar-refractivity contribution in [2.75, 3.05) is 39.9 Å². The highest BCUT2D eigenvalue weighted by atomic mass is 16.5. The number of ether oxygens (including phenoxy) is 1. The van der Waals surface area contributed by atoms with Gasteiger partial charge in [0.2, 0.25) is 0 Å². The van der Waals surface area contributed by atoms with Crippen LogP contribution in [0.1, 0.15) is 52.4 Å². The first-order chi connectivity index (χ1) is 9.22. The summed E-state index contributed by atoms with van der Waals surface area (Å²) in [6, 6.07) is 0.633. The number of unbranched alkanes of at least 4 members (excludes halogenated alkanes) is 3. The van der Waals surface area contributed by atoms with Crippen molar-refractivity contribution in [1.29, 1.82) is 0 Å². The molecule has 0 spiro atoms. The lowest BCUT2D eigenvalue weighted by Crippen LogP contribution is -2.35. The highest BCUT2D eigenvalue weighted by Crippen LogP contribution is 2.17. The molecule has 0 atom stereocenters. The minimum absolute atomic E-state index is 0.633. The fourth-order valence-electron chi connectivity index (χ4n) is 2.82. The summed E-state index contributed by atoms with van der Waals surface area (Å²) in [6.45, 7) is 10.4. The van der Waals surface area contributed by atoms with Gasteiger partial charge in [0, 0.05) is 19.8 Å². The van der Waals surface area contributed by atoms with Gasteiger partial charge < -0.3 is 15.0 Å². The average molecular weight is 270 g/mol. The molecule has 3 nitrogen and oxygen atoms in total. The van der Waals surface area contributed by atoms with Gasteiger partial charge in [-0.1, -0.05) is 26.7 Å². The molecule has 1 aliphatic heterocycles. The number of likely N-dealkylation sites (tertiary alicyclic amines) is 1. The van der Waals surface area contributed by atoms with Crippen LogP contribution in [0.25, 0.3) is 0 Å². The SMILES string of the molecule is COCC1CCN(CCCCCCNC(C)C)CC1. The van der Waals surface area contributed by atoms with Gasteiger partial charge in [-0.15, -0.1) is 0 Å². The molecular weight excluding hydrogens is 236 g/mol. The molecular formula is C16H34N2O. The zero-order valence-corrected chi connectivity index (χ0v) is 13.3. The topological polar surface area (TPSA) is 24.5 Å². The third-order valence-electron chi connectivity index (χ3n) is 4.06. The minimum Gasteiger partial charge on any atom is -0.384 e. The zero-order valence-electron chi connectivity index (χ0n) is 13.3. The van der Waals surface area contributed by atoms with Crippen LogP contribution in [0.2, 0.25) is 0 Å². The van der Waals surface area contributed by atoms with Gasteiger partial charge in [-0.05, 0) is 57.8 Å². The van der Waals surface area contributed by atoms with Crippen LogP contribution in [0.3, 0.4) is 0 Å². The number of rotatable bonds is 10. The smallest absolute Gasteiger partial charge is 0.0491 e. The number of piperidine rings is 1. The van der Waals surface area contributed by atoms with E-state index < -0.39 is 0 Å². The Morgan fingerprint density at radius 3 is 2.42 bits per heavy atom. The zero-order chi connectivity index (χ0) is 13.9. The van der Waals surface area contributed by atoms with Crippen molar-refractivity contribution in [3.8, 4) is 0 Å². The number of hydrogen-bond donors (Lipinski definition) is 1. The fourth-order valence-corrected chi connectivity index (χ4v) is 2.82. The second-order valence-electron chi connectivity index (χ2n) is 6.26. The van der Waals surface area contributed by atoms with E-state index in [4.69, 9.17) is 4.74 Å². The molecule has 0 radical (unpaired) electrons. The summed E-state index contributed by atoms with van der Waals surface area (Å²) in [4.78, 5) is 2.64. The van der Waals surface area contributed by atoms with Gasteiger partial charge in [0.05, 0.1) is 0 Å². The highest BCUT2D eigenvalue weighted by molar-refractivity contribution is 4.71. The van der Waals surface area contributed by atoms with E-state index in [1.807, 2.05) is 7.11 Å². The molecule has 0 aromatic carbocycles. The molecule has 114 valence electrons. The molecule has 0 aromatic rings. The Hall–Kier alpha value is -0.120. The Morgan fingerprint density at radius 1 is 1.11 bits per heavy atom. The minimum atomic E-state index is 0.633. The Labute approximate surface area is 120 Å². The maximum absolute atomic E-state index is 5.24. The van der Waals surface area contributed by atoms with E-state index in [0.29, 0.717) is 6.04 Å². The summed E-state index contributed by atoms with van der Waals surface area (Å²) in [7, 11) is 1.82. The highest BCUT2D eigenvalue weighted by Gasteiger charge is 2.18. The predicted octanol–water partition coefficient (Wildman–Crippen LogP) is 2.90. The molecule has 1 saturated heterocycles. The van der Waals surface area contributed by atoms with Gasteiger partial charge in [-0.3, -0.25) is 0 Å². The van der Waals surface area contributed by atoms with E-state index in [1.54, 1.807) is 0 Å². The van der Waals surface area contributed by atoms with E-state index in [2.05, 4.69) is 24.1 Å². The first-order valence-corrected chi connectivity index (χ1v) is 8.17. The quantitative estimate of drug-likeness (QED) is 0.618. The van der Waals surface area contributed by atoms with Gasteiger partial charge in [0.1, 0.15) is 0 Å². The molecule has 3 heteroatoms. The van der Waals surface area contributed by atoms with Crippen molar-refractivity contribution in [3.05, 3.63) is 0 Å². The van der Waals surface area contributed by atoms with Crippen LogP contribution in [-0.2, 0) is 4.74 Å². The first kappa shape index (κ1) is 16.9. The molecule has 0 amide bonds. The van der Waals surface area contributed by atoms with Crippen molar-refractivity contribution < 1.29 is 4.74 Å². The molecule has 0 bridgehead atoms. The van der Waals surface area contributed by atoms with E-state index in [9.17, 15) is 0 Å². The van der Waals surface area contributed by atoms with Gasteiger partial charge in [-0.2, -0.15) is 0 Å². The summed E-state index contributed by atoms with van der Waals surface area (Å²) >= 11 is 0. The number of hydrogen-bond acceptors (Lipinski definition) is 3. The molecule has 1 aliphatic rings. The van der Waals surface area contributed by atoms with Crippen molar-refractivity contribution in [3.63, 3.8) is 0 Å². The molecule has 0 saturated carbocycles. The van der Waals surface area contributed by atoms with Crippen molar-refractivity contribution in [2.45, 2.75) is 58.4 Å². The van der Waals surface area contributed by atoms with Crippen LogP contribution < -0.4 is 5.32 Å². The van der Waals surface area contributed by atoms with Crippen LogP contribution >= 0.6 is 0 Å². The van der Waals surface area contributed by atoms with Crippen molar-refractivity contribution in [2.24, 2.45) is 5.92 Å². The third-order valence-corrected chi connectivity index (χ3v) is 4.06. The average Bonchev–Trinajstić information content (AvgIpc) is 2.39. The molecule has 0 unspecified atom stereocenters. The monoisotopic (exact) mass is 270 g/mol. The van der Waals surface area contributed by atoms with Crippen LogP contribution in [0.4, 0.5) is 0 Å². The van der Waals surface area contributed by atoms with Gasteiger partial charge in [0.15, 0.2) is 0 Å². The normalized spacial score (nSPS) is 18.3. The number of nitrogens with zero attached hydrogens (tertiary/aromatic N) is 1. The van der Waals surface area contributed by atoms with E-state index in [0.717, 1.165) is 12.5 Å². The van der Waals surface area contributed by atoms with Crippen molar-refractivity contribution in [1.82, 2.24) is 10.2 Å². The van der Waals surface area contributed by atoms with Crippen molar-refractivity contribution >= 4 is 0 Å². The summed E-state index contributed by atoms with van der Waals surface area (Å²) < 4.78 is 5.24. The number of methoxy groups -OCH3 is 1. The molecule has 1 heterocycles. The van der Waals surface area contributed by atoms with Crippen LogP contribution in [-0.4, -0.2) is 50.8 Å². The number of nitrogens with one attached hydrogen (secondary N) is 1. The van der Waals surface area contributed by atoms with E-state index in [-0.39, 0.29) is 0 Å².